The Hall–Kier alpha value is -3.55. The van der Waals surface area contributed by atoms with Crippen LogP contribution in [0.2, 0.25) is 0 Å². The largest absolute Gasteiger partial charge is 0.477 e. The molecule has 0 spiro atoms. The molecule has 0 aromatic carbocycles. The fourth-order valence-electron chi connectivity index (χ4n) is 3.66. The molecule has 1 saturated heterocycles. The van der Waals surface area contributed by atoms with Crippen LogP contribution < -0.4 is 22.1 Å². The van der Waals surface area contributed by atoms with E-state index in [4.69, 9.17) is 21.7 Å². The summed E-state index contributed by atoms with van der Waals surface area (Å²) in [5.41, 5.74) is 10.6. The van der Waals surface area contributed by atoms with Gasteiger partial charge in [-0.3, -0.25) is 24.9 Å². The number of amides is 2. The number of carbonyl (C=O) groups excluding carboxylic acids is 2. The predicted octanol–water partition coefficient (Wildman–Crippen LogP) is 0.874. The van der Waals surface area contributed by atoms with Crippen molar-refractivity contribution >= 4 is 81.2 Å². The number of oxime groups is 1. The summed E-state index contributed by atoms with van der Waals surface area (Å²) >= 11 is 5.05. The maximum Gasteiger partial charge on any atom is 0.353 e. The molecule has 0 radical (unpaired) electrons. The van der Waals surface area contributed by atoms with Gasteiger partial charge in [-0.1, -0.05) is 16.9 Å². The van der Waals surface area contributed by atoms with Crippen molar-refractivity contribution in [2.24, 2.45) is 10.9 Å². The molecule has 19 heteroatoms. The number of hydrogen-bond acceptors (Lipinski definition) is 13. The second-order valence-electron chi connectivity index (χ2n) is 8.08. The van der Waals surface area contributed by atoms with Crippen LogP contribution in [0.3, 0.4) is 0 Å². The van der Waals surface area contributed by atoms with E-state index in [1.54, 1.807) is 18.5 Å². The summed E-state index contributed by atoms with van der Waals surface area (Å²) in [6.07, 6.45) is 3.25. The number of guanidine groups is 1. The van der Waals surface area contributed by atoms with Crippen molar-refractivity contribution in [1.82, 2.24) is 25.5 Å². The van der Waals surface area contributed by atoms with Crippen LogP contribution in [0, 0.1) is 5.41 Å². The summed E-state index contributed by atoms with van der Waals surface area (Å²) < 4.78 is 12.5. The van der Waals surface area contributed by atoms with Crippen LogP contribution in [0.1, 0.15) is 5.69 Å². The van der Waals surface area contributed by atoms with Crippen LogP contribution in [0.5, 0.6) is 0 Å². The monoisotopic (exact) mass is 641 g/mol. The summed E-state index contributed by atoms with van der Waals surface area (Å²) in [7, 11) is 0. The van der Waals surface area contributed by atoms with Gasteiger partial charge in [0, 0.05) is 50.5 Å². The number of carboxylic acids is 1. The summed E-state index contributed by atoms with van der Waals surface area (Å²) in [6.45, 7) is -0.752. The highest BCUT2D eigenvalue weighted by Crippen LogP contribution is 2.46. The molecule has 1 fully saturated rings. The third kappa shape index (κ3) is 7.21. The minimum Gasteiger partial charge on any atom is -0.477 e. The standard InChI is InChI=1S/C22H24FN9O5S4/c23-2-5-37-31-14(10-8-40-22(26)29-10)17(33)30-15-18(34)32-16(20(35)36)13(9-39-19(15)32)41-11-1-3-27-7-12(11)38-6-4-28-21(24)25/h1,3,7-8,15,19H,2,4-6,9H2,(H2,26,29)(H,30,33)(H,35,36)(H4,24,25,28)/b31-14-/t15-,19+/m1/s1. The third-order valence-electron chi connectivity index (χ3n) is 5.38. The van der Waals surface area contributed by atoms with Crippen molar-refractivity contribution in [3.8, 4) is 0 Å². The first-order valence-electron chi connectivity index (χ1n) is 11.7. The second-order valence-corrected chi connectivity index (χ2v) is 12.4. The number of nitrogens with one attached hydrogen (secondary N) is 3. The highest BCUT2D eigenvalue weighted by Gasteiger charge is 2.54. The Morgan fingerprint density at radius 3 is 2.88 bits per heavy atom. The number of carbonyl (C=O) groups is 3. The van der Waals surface area contributed by atoms with E-state index in [1.807, 2.05) is 0 Å². The maximum absolute atomic E-state index is 13.2. The number of fused-ring (bicyclic) bond motifs is 1. The summed E-state index contributed by atoms with van der Waals surface area (Å²) in [5.74, 6) is -1.95. The van der Waals surface area contributed by atoms with E-state index < -0.39 is 35.9 Å². The number of nitrogens with zero attached hydrogens (tertiary/aromatic N) is 4. The minimum atomic E-state index is -1.27. The summed E-state index contributed by atoms with van der Waals surface area (Å²) in [4.78, 5) is 54.7. The smallest absolute Gasteiger partial charge is 0.353 e. The van der Waals surface area contributed by atoms with Gasteiger partial charge in [0.25, 0.3) is 11.8 Å². The number of alkyl halides is 1. The van der Waals surface area contributed by atoms with Crippen molar-refractivity contribution in [1.29, 1.82) is 5.41 Å². The van der Waals surface area contributed by atoms with E-state index in [2.05, 4.69) is 25.8 Å². The zero-order chi connectivity index (χ0) is 29.5. The van der Waals surface area contributed by atoms with Crippen LogP contribution >= 0.6 is 46.6 Å². The zero-order valence-corrected chi connectivity index (χ0v) is 24.3. The molecule has 14 nitrogen and oxygen atoms in total. The molecule has 218 valence electrons. The van der Waals surface area contributed by atoms with E-state index in [1.165, 1.54) is 40.7 Å². The first kappa shape index (κ1) is 30.4. The van der Waals surface area contributed by atoms with Crippen molar-refractivity contribution in [3.63, 3.8) is 0 Å². The molecule has 4 heterocycles. The fourth-order valence-corrected chi connectivity index (χ4v) is 7.75. The lowest BCUT2D eigenvalue weighted by Crippen LogP contribution is -2.71. The SMILES string of the molecule is N=C(N)NCCSc1cnccc1SC1=C(C(=O)O)N2C(=O)[C@@H](NC(=O)/C(=N\OCCF)c3csc(N)n3)[C@@H]2SC1. The highest BCUT2D eigenvalue weighted by atomic mass is 32.2. The van der Waals surface area contributed by atoms with Gasteiger partial charge < -0.3 is 32.0 Å². The Morgan fingerprint density at radius 2 is 2.20 bits per heavy atom. The van der Waals surface area contributed by atoms with E-state index in [0.717, 1.165) is 26.0 Å². The number of rotatable bonds is 13. The topological polar surface area (TPSA) is 222 Å². The molecular formula is C22H24FN9O5S4. The van der Waals surface area contributed by atoms with E-state index >= 15 is 0 Å². The zero-order valence-electron chi connectivity index (χ0n) is 21.0. The lowest BCUT2D eigenvalue weighted by Gasteiger charge is -2.49. The Labute approximate surface area is 249 Å². The van der Waals surface area contributed by atoms with Gasteiger partial charge >= 0.3 is 5.97 Å². The van der Waals surface area contributed by atoms with Crippen molar-refractivity contribution < 1.29 is 28.7 Å². The lowest BCUT2D eigenvalue weighted by molar-refractivity contribution is -0.150. The molecule has 8 N–H and O–H groups in total. The van der Waals surface area contributed by atoms with E-state index in [9.17, 15) is 23.9 Å². The Balaban J connectivity index is 1.49. The van der Waals surface area contributed by atoms with Gasteiger partial charge in [0.1, 0.15) is 36.1 Å². The number of thioether (sulfide) groups is 3. The van der Waals surface area contributed by atoms with Gasteiger partial charge in [-0.15, -0.1) is 34.9 Å². The first-order chi connectivity index (χ1) is 19.7. The third-order valence-corrected chi connectivity index (χ3v) is 9.85. The number of carboxylic acid groups (broad SMARTS) is 1. The van der Waals surface area contributed by atoms with Gasteiger partial charge in [0.05, 0.1) is 0 Å². The highest BCUT2D eigenvalue weighted by molar-refractivity contribution is 8.07. The number of nitrogen functional groups attached to an aromatic ring is 1. The molecule has 41 heavy (non-hydrogen) atoms. The Morgan fingerprint density at radius 1 is 1.39 bits per heavy atom. The number of aromatic nitrogens is 2. The van der Waals surface area contributed by atoms with Crippen LogP contribution in [-0.4, -0.2) is 92.2 Å². The first-order valence-corrected chi connectivity index (χ1v) is 15.5. The predicted molar refractivity (Wildman–Crippen MR) is 155 cm³/mol. The number of anilines is 1. The van der Waals surface area contributed by atoms with Crippen molar-refractivity contribution in [2.45, 2.75) is 21.2 Å². The van der Waals surface area contributed by atoms with Gasteiger partial charge in [0.15, 0.2) is 16.8 Å². The van der Waals surface area contributed by atoms with Crippen LogP contribution in [0.15, 0.2) is 49.4 Å². The average molecular weight is 642 g/mol. The molecule has 2 atom stereocenters. The number of hydrogen-bond donors (Lipinski definition) is 6. The minimum absolute atomic E-state index is 0.0942. The molecule has 2 aliphatic rings. The van der Waals surface area contributed by atoms with Crippen LogP contribution in [0.25, 0.3) is 0 Å². The normalized spacial score (nSPS) is 18.4. The molecule has 0 aliphatic carbocycles. The van der Waals surface area contributed by atoms with Crippen molar-refractivity contribution in [3.05, 3.63) is 40.1 Å². The summed E-state index contributed by atoms with van der Waals surface area (Å²) in [6, 6.07) is 0.726. The van der Waals surface area contributed by atoms with Crippen molar-refractivity contribution in [2.75, 3.05) is 37.1 Å². The van der Waals surface area contributed by atoms with E-state index in [-0.39, 0.29) is 40.6 Å². The maximum atomic E-state index is 13.2. The molecule has 2 aliphatic heterocycles. The number of aliphatic carboxylic acids is 1. The van der Waals surface area contributed by atoms with Crippen LogP contribution in [0.4, 0.5) is 9.52 Å². The number of pyridine rings is 1. The van der Waals surface area contributed by atoms with Gasteiger partial charge in [-0.05, 0) is 6.07 Å². The summed E-state index contributed by atoms with van der Waals surface area (Å²) in [5, 5.41) is 27.2. The quantitative estimate of drug-likeness (QED) is 0.0447. The number of β-lactam (4-membered cyclic amide) rings is 1. The van der Waals surface area contributed by atoms with E-state index in [0.29, 0.717) is 17.2 Å². The molecule has 0 unspecified atom stereocenters. The molecule has 2 amide bonds. The Bertz CT molecular complexity index is 1400. The molecule has 2 aromatic rings. The number of thiazole rings is 1. The molecule has 4 rings (SSSR count). The lowest BCUT2D eigenvalue weighted by atomic mass is 10.0. The number of halogens is 1. The van der Waals surface area contributed by atoms with Crippen LogP contribution in [-0.2, 0) is 19.2 Å². The number of nitrogens with two attached hydrogens (primary N) is 2. The molecule has 0 bridgehead atoms. The van der Waals surface area contributed by atoms with Gasteiger partial charge in [-0.2, -0.15) is 0 Å². The van der Waals surface area contributed by atoms with Gasteiger partial charge in [-0.25, -0.2) is 14.2 Å². The van der Waals surface area contributed by atoms with Gasteiger partial charge in [0.2, 0.25) is 0 Å². The molecule has 2 aromatic heterocycles. The molecule has 0 saturated carbocycles. The molecular weight excluding hydrogens is 618 g/mol. The fraction of sp³-hybridized carbons (Fsp3) is 0.318. The second kappa shape index (κ2) is 13.9. The Kier molecular flexibility index (Phi) is 10.3. The average Bonchev–Trinajstić information content (AvgIpc) is 3.37.